The second-order valence-corrected chi connectivity index (χ2v) is 17.3. The Morgan fingerprint density at radius 2 is 1.92 bits per heavy atom. The number of aliphatic imine (C=N–C) groups is 1. The van der Waals surface area contributed by atoms with Gasteiger partial charge in [0, 0.05) is 69.8 Å². The number of hydrogen-bond acceptors (Lipinski definition) is 8. The summed E-state index contributed by atoms with van der Waals surface area (Å²) in [6.45, 7) is 23.5. The van der Waals surface area contributed by atoms with E-state index >= 15 is 0 Å². The second kappa shape index (κ2) is 20.3. The first kappa shape index (κ1) is 42.2. The minimum absolute atomic E-state index is 0.0855. The number of benzene rings is 1. The molecule has 0 radical (unpaired) electrons. The van der Waals surface area contributed by atoms with Crippen LogP contribution in [0.1, 0.15) is 90.7 Å². The number of nitrogens with one attached hydrogen (secondary N) is 2. The fraction of sp³-hybridized carbons (Fsp3) is 0.659. The molecule has 3 heterocycles. The number of carbonyl (C=O) groups is 1. The van der Waals surface area contributed by atoms with Crippen molar-refractivity contribution in [2.75, 3.05) is 53.0 Å². The van der Waals surface area contributed by atoms with Crippen LogP contribution in [0.15, 0.2) is 59.1 Å². The zero-order chi connectivity index (χ0) is 37.8. The predicted molar refractivity (Wildman–Crippen MR) is 216 cm³/mol. The van der Waals surface area contributed by atoms with Crippen molar-refractivity contribution in [1.82, 2.24) is 19.8 Å². The molecular weight excluding hydrogens is 694 g/mol. The summed E-state index contributed by atoms with van der Waals surface area (Å²) in [5.74, 6) is 1.93. The minimum Gasteiger partial charge on any atom is -0.489 e. The number of methoxy groups -OCH3 is 1. The number of aryl methyl sites for hydroxylation is 1. The Morgan fingerprint density at radius 1 is 1.17 bits per heavy atom. The van der Waals surface area contributed by atoms with E-state index in [2.05, 4.69) is 90.5 Å². The number of fused-ring (bicyclic) bond motifs is 2. The van der Waals surface area contributed by atoms with E-state index in [4.69, 9.17) is 21.1 Å². The third-order valence-electron chi connectivity index (χ3n) is 11.4. The first-order valence-electron chi connectivity index (χ1n) is 19.3. The van der Waals surface area contributed by atoms with Crippen molar-refractivity contribution in [1.29, 1.82) is 0 Å². The van der Waals surface area contributed by atoms with Gasteiger partial charge in [0.25, 0.3) is 0 Å². The number of ether oxygens (including phenoxy) is 2. The molecule has 1 aliphatic carbocycles. The first-order chi connectivity index (χ1) is 24.9. The highest BCUT2D eigenvalue weighted by molar-refractivity contribution is 7.84. The molecule has 2 bridgehead atoms. The maximum atomic E-state index is 12.9. The van der Waals surface area contributed by atoms with Gasteiger partial charge in [-0.05, 0) is 107 Å². The number of nitrogens with zero attached hydrogens (tertiary/aromatic N) is 3. The SMILES string of the molecule is C=NC1=C2/C=C\CC(=O)NS(=O)C(C)C(C)C/C=C/[C@](C)(OC)C3CCC3CN1CC(c1ccc(Cl)cc1CCC)CO2.CC(C)N1CCNCC1. The molecule has 290 valence electrons. The number of rotatable bonds is 6. The summed E-state index contributed by atoms with van der Waals surface area (Å²) in [5.41, 5.74) is 2.06. The predicted octanol–water partition coefficient (Wildman–Crippen LogP) is 7.02. The van der Waals surface area contributed by atoms with Crippen LogP contribution in [-0.4, -0.2) is 96.5 Å². The number of amides is 1. The molecule has 4 aliphatic rings. The Bertz CT molecular complexity index is 1460. The van der Waals surface area contributed by atoms with Crippen molar-refractivity contribution in [2.45, 2.75) is 103 Å². The van der Waals surface area contributed by atoms with E-state index in [1.165, 1.54) is 24.2 Å². The molecule has 11 heteroatoms. The molecule has 1 saturated carbocycles. The van der Waals surface area contributed by atoms with Crippen molar-refractivity contribution in [3.05, 3.63) is 70.2 Å². The van der Waals surface area contributed by atoms with Gasteiger partial charge >= 0.3 is 0 Å². The summed E-state index contributed by atoms with van der Waals surface area (Å²) in [6, 6.07) is 6.90. The van der Waals surface area contributed by atoms with E-state index in [1.807, 2.05) is 19.1 Å². The number of piperazine rings is 1. The highest BCUT2D eigenvalue weighted by atomic mass is 35.5. The number of hydrogen-bond donors (Lipinski definition) is 2. The molecular formula is C41H64ClN5O4S. The average molecular weight is 759 g/mol. The van der Waals surface area contributed by atoms with Crippen LogP contribution >= 0.6 is 11.6 Å². The average Bonchev–Trinajstić information content (AvgIpc) is 3.28. The Labute approximate surface area is 321 Å². The molecule has 1 saturated heterocycles. The topological polar surface area (TPSA) is 95.5 Å². The normalized spacial score (nSPS) is 32.0. The van der Waals surface area contributed by atoms with Crippen LogP contribution in [-0.2, 0) is 31.7 Å². The molecule has 1 aromatic rings. The zero-order valence-electron chi connectivity index (χ0n) is 32.7. The summed E-state index contributed by atoms with van der Waals surface area (Å²) in [6.07, 6.45) is 12.9. The van der Waals surface area contributed by atoms with Crippen LogP contribution in [0.5, 0.6) is 0 Å². The van der Waals surface area contributed by atoms with Gasteiger partial charge in [-0.15, -0.1) is 0 Å². The molecule has 1 amide bonds. The fourth-order valence-corrected chi connectivity index (χ4v) is 8.95. The van der Waals surface area contributed by atoms with Gasteiger partial charge in [0.1, 0.15) is 11.0 Å². The minimum atomic E-state index is -1.49. The van der Waals surface area contributed by atoms with Gasteiger partial charge in [0.2, 0.25) is 5.91 Å². The number of halogens is 1. The van der Waals surface area contributed by atoms with Crippen LogP contribution in [0, 0.1) is 17.8 Å². The van der Waals surface area contributed by atoms with E-state index < -0.39 is 16.6 Å². The summed E-state index contributed by atoms with van der Waals surface area (Å²) >= 11 is 6.41. The third kappa shape index (κ3) is 11.3. The highest BCUT2D eigenvalue weighted by Gasteiger charge is 2.45. The summed E-state index contributed by atoms with van der Waals surface area (Å²) in [4.78, 5) is 22.0. The number of allylic oxidation sites excluding steroid dienone is 2. The maximum Gasteiger partial charge on any atom is 0.235 e. The monoisotopic (exact) mass is 757 g/mol. The van der Waals surface area contributed by atoms with Crippen molar-refractivity contribution >= 4 is 35.2 Å². The van der Waals surface area contributed by atoms with Gasteiger partial charge in [0.15, 0.2) is 11.6 Å². The standard InChI is InChI=1S/C34H48ClN3O4S.C7H16N2/c1-7-10-25-19-28(35)15-16-29(25)27-21-38-20-26-14-17-30(26)34(4,41-6)18-9-11-23(2)24(3)43(40)37-32(39)13-8-12-31(42-22-27)33(38)36-5;1-7(2)9-5-3-8-4-6-9/h8-9,12,15-16,18-19,23-24,26-27,30H,5,7,10-11,13-14,17,20-22H2,1-4,6H3,(H,37,39);7-8H,3-6H2,1-2H3/b12-8-,18-9+;/t23?,24?,26?,27?,30?,34-,43?;/m0./s1. The van der Waals surface area contributed by atoms with Crippen LogP contribution in [0.3, 0.4) is 0 Å². The van der Waals surface area contributed by atoms with Crippen LogP contribution in [0.2, 0.25) is 5.02 Å². The van der Waals surface area contributed by atoms with Crippen LogP contribution in [0.25, 0.3) is 0 Å². The fourth-order valence-electron chi connectivity index (χ4n) is 7.73. The summed E-state index contributed by atoms with van der Waals surface area (Å²) in [5, 5.41) is 3.88. The summed E-state index contributed by atoms with van der Waals surface area (Å²) < 4.78 is 28.2. The van der Waals surface area contributed by atoms with Crippen LogP contribution in [0.4, 0.5) is 0 Å². The highest BCUT2D eigenvalue weighted by Crippen LogP contribution is 2.46. The van der Waals surface area contributed by atoms with Crippen molar-refractivity contribution < 1.29 is 18.5 Å². The Balaban J connectivity index is 0.000000585. The second-order valence-electron chi connectivity index (χ2n) is 15.3. The van der Waals surface area contributed by atoms with Crippen LogP contribution < -0.4 is 10.0 Å². The Hall–Kier alpha value is -2.50. The third-order valence-corrected chi connectivity index (χ3v) is 13.2. The maximum absolute atomic E-state index is 12.9. The molecule has 1 aromatic carbocycles. The van der Waals surface area contributed by atoms with E-state index in [0.29, 0.717) is 30.0 Å². The van der Waals surface area contributed by atoms with E-state index in [0.717, 1.165) is 69.3 Å². The molecule has 0 aromatic heterocycles. The molecule has 7 atom stereocenters. The van der Waals surface area contributed by atoms with E-state index in [1.54, 1.807) is 13.2 Å². The van der Waals surface area contributed by atoms with Gasteiger partial charge in [-0.2, -0.15) is 0 Å². The van der Waals surface area contributed by atoms with Gasteiger partial charge < -0.3 is 19.7 Å². The quantitative estimate of drug-likeness (QED) is 0.238. The summed E-state index contributed by atoms with van der Waals surface area (Å²) in [7, 11) is 0.296. The van der Waals surface area contributed by atoms with Gasteiger partial charge in [0.05, 0.1) is 17.5 Å². The molecule has 5 rings (SSSR count). The number of carbonyl (C=O) groups excluding carboxylic acids is 1. The van der Waals surface area contributed by atoms with Gasteiger partial charge in [-0.1, -0.05) is 56.2 Å². The lowest BCUT2D eigenvalue weighted by molar-refractivity contribution is -0.118. The lowest BCUT2D eigenvalue weighted by atomic mass is 9.64. The van der Waals surface area contributed by atoms with Gasteiger partial charge in [-0.3, -0.25) is 14.4 Å². The van der Waals surface area contributed by atoms with Crippen molar-refractivity contribution in [2.24, 2.45) is 22.7 Å². The lowest BCUT2D eigenvalue weighted by Gasteiger charge is -2.48. The van der Waals surface area contributed by atoms with E-state index in [-0.39, 0.29) is 29.4 Å². The van der Waals surface area contributed by atoms with Crippen molar-refractivity contribution in [3.8, 4) is 0 Å². The largest absolute Gasteiger partial charge is 0.489 e. The Kier molecular flexibility index (Phi) is 16.5. The molecule has 0 spiro atoms. The zero-order valence-corrected chi connectivity index (χ0v) is 34.2. The molecule has 2 N–H and O–H groups in total. The Morgan fingerprint density at radius 3 is 2.54 bits per heavy atom. The molecule has 3 aliphatic heterocycles. The lowest BCUT2D eigenvalue weighted by Crippen LogP contribution is -2.49. The first-order valence-corrected chi connectivity index (χ1v) is 20.9. The molecule has 52 heavy (non-hydrogen) atoms. The molecule has 2 fully saturated rings. The van der Waals surface area contributed by atoms with Crippen molar-refractivity contribution in [3.63, 3.8) is 0 Å². The van der Waals surface area contributed by atoms with Gasteiger partial charge in [-0.25, -0.2) is 9.20 Å². The smallest absolute Gasteiger partial charge is 0.235 e. The molecule has 9 nitrogen and oxygen atoms in total. The molecule has 6 unspecified atom stereocenters. The van der Waals surface area contributed by atoms with E-state index in [9.17, 15) is 9.00 Å².